The molecule has 2 aromatic carbocycles. The molecule has 11 heteroatoms. The second-order valence-electron chi connectivity index (χ2n) is 6.73. The van der Waals surface area contributed by atoms with E-state index in [9.17, 15) is 18.0 Å². The molecule has 3 rings (SSSR count). The zero-order valence-electron chi connectivity index (χ0n) is 18.4. The van der Waals surface area contributed by atoms with Crippen molar-refractivity contribution in [2.24, 2.45) is 0 Å². The molecule has 0 fully saturated rings. The number of rotatable bonds is 8. The third-order valence-electron chi connectivity index (χ3n) is 4.64. The van der Waals surface area contributed by atoms with Crippen LogP contribution in [0.25, 0.3) is 11.0 Å². The van der Waals surface area contributed by atoms with Gasteiger partial charge < -0.3 is 24.3 Å². The maximum absolute atomic E-state index is 13.1. The standard InChI is InChI=1S/C22H22F3N3O5/c1-5-33-21(29)18-20(28-14-7-6-13(22(23,24)25)10-15(14)27-18)26-11-12-8-16(30-2)19(32-4)17(9-12)31-3/h6-10H,5,11H2,1-4H3,(H,26,28). The number of methoxy groups -OCH3 is 3. The largest absolute Gasteiger partial charge is 0.493 e. The van der Waals surface area contributed by atoms with Gasteiger partial charge in [-0.25, -0.2) is 14.8 Å². The van der Waals surface area contributed by atoms with E-state index in [1.54, 1.807) is 19.1 Å². The Morgan fingerprint density at radius 2 is 1.64 bits per heavy atom. The summed E-state index contributed by atoms with van der Waals surface area (Å²) in [5.41, 5.74) is -0.309. The number of carbonyl (C=O) groups is 1. The number of hydrogen-bond acceptors (Lipinski definition) is 8. The van der Waals surface area contributed by atoms with Crippen LogP contribution < -0.4 is 19.5 Å². The number of hydrogen-bond donors (Lipinski definition) is 1. The van der Waals surface area contributed by atoms with Crippen LogP contribution in [0.5, 0.6) is 17.2 Å². The first-order valence-corrected chi connectivity index (χ1v) is 9.80. The molecule has 0 spiro atoms. The van der Waals surface area contributed by atoms with E-state index in [-0.39, 0.29) is 35.7 Å². The maximum Gasteiger partial charge on any atom is 0.416 e. The smallest absolute Gasteiger partial charge is 0.416 e. The van der Waals surface area contributed by atoms with Crippen LogP contribution in [0.15, 0.2) is 30.3 Å². The zero-order chi connectivity index (χ0) is 24.2. The van der Waals surface area contributed by atoms with Crippen LogP contribution in [0, 0.1) is 0 Å². The molecule has 8 nitrogen and oxygen atoms in total. The predicted molar refractivity (Wildman–Crippen MR) is 114 cm³/mol. The second-order valence-corrected chi connectivity index (χ2v) is 6.73. The Kier molecular flexibility index (Phi) is 7.10. The molecule has 0 aliphatic carbocycles. The van der Waals surface area contributed by atoms with Crippen molar-refractivity contribution in [2.45, 2.75) is 19.6 Å². The first-order chi connectivity index (χ1) is 15.7. The highest BCUT2D eigenvalue weighted by Gasteiger charge is 2.31. The van der Waals surface area contributed by atoms with E-state index >= 15 is 0 Å². The molecule has 0 aliphatic heterocycles. The van der Waals surface area contributed by atoms with Crippen LogP contribution in [-0.2, 0) is 17.5 Å². The number of benzene rings is 2. The topological polar surface area (TPSA) is 91.8 Å². The highest BCUT2D eigenvalue weighted by atomic mass is 19.4. The molecule has 0 bridgehead atoms. The molecule has 0 unspecified atom stereocenters. The van der Waals surface area contributed by atoms with Crippen molar-refractivity contribution in [1.82, 2.24) is 9.97 Å². The maximum atomic E-state index is 13.1. The van der Waals surface area contributed by atoms with Gasteiger partial charge in [0.2, 0.25) is 5.75 Å². The van der Waals surface area contributed by atoms with Crippen LogP contribution in [0.4, 0.5) is 19.0 Å². The average molecular weight is 465 g/mol. The fourth-order valence-corrected chi connectivity index (χ4v) is 3.12. The number of esters is 1. The molecule has 0 saturated heterocycles. The van der Waals surface area contributed by atoms with Gasteiger partial charge in [0.15, 0.2) is 23.0 Å². The van der Waals surface area contributed by atoms with Crippen LogP contribution in [0.2, 0.25) is 0 Å². The lowest BCUT2D eigenvalue weighted by molar-refractivity contribution is -0.137. The molecule has 3 aromatic rings. The fraction of sp³-hybridized carbons (Fsp3) is 0.318. The Morgan fingerprint density at radius 3 is 2.18 bits per heavy atom. The SMILES string of the molecule is CCOC(=O)c1nc2cc(C(F)(F)F)ccc2nc1NCc1cc(OC)c(OC)c(OC)c1. The number of fused-ring (bicyclic) bond motifs is 1. The fourth-order valence-electron chi connectivity index (χ4n) is 3.12. The molecule has 1 aromatic heterocycles. The van der Waals surface area contributed by atoms with Gasteiger partial charge in [-0.05, 0) is 42.8 Å². The number of aromatic nitrogens is 2. The third kappa shape index (κ3) is 5.18. The summed E-state index contributed by atoms with van der Waals surface area (Å²) in [6.07, 6.45) is -4.55. The van der Waals surface area contributed by atoms with Gasteiger partial charge in [0, 0.05) is 6.54 Å². The van der Waals surface area contributed by atoms with E-state index in [2.05, 4.69) is 15.3 Å². The lowest BCUT2D eigenvalue weighted by Crippen LogP contribution is -2.14. The summed E-state index contributed by atoms with van der Waals surface area (Å²) in [4.78, 5) is 20.9. The van der Waals surface area contributed by atoms with Crippen LogP contribution in [0.1, 0.15) is 28.5 Å². The minimum absolute atomic E-state index is 0.0630. The molecule has 1 N–H and O–H groups in total. The van der Waals surface area contributed by atoms with Gasteiger partial charge in [0.25, 0.3) is 0 Å². The summed E-state index contributed by atoms with van der Waals surface area (Å²) in [6, 6.07) is 6.37. The number of ether oxygens (including phenoxy) is 4. The number of carbonyl (C=O) groups excluding carboxylic acids is 1. The lowest BCUT2D eigenvalue weighted by atomic mass is 10.1. The third-order valence-corrected chi connectivity index (χ3v) is 4.64. The van der Waals surface area contributed by atoms with Gasteiger partial charge >= 0.3 is 12.1 Å². The Hall–Kier alpha value is -3.76. The number of alkyl halides is 3. The van der Waals surface area contributed by atoms with Crippen LogP contribution in [0.3, 0.4) is 0 Å². The van der Waals surface area contributed by atoms with E-state index < -0.39 is 17.7 Å². The summed E-state index contributed by atoms with van der Waals surface area (Å²) >= 11 is 0. The zero-order valence-corrected chi connectivity index (χ0v) is 18.4. The Labute approximate surface area is 187 Å². The molecular formula is C22H22F3N3O5. The van der Waals surface area contributed by atoms with Gasteiger partial charge in [0.05, 0.1) is 44.5 Å². The molecule has 0 saturated carbocycles. The number of nitrogens with zero attached hydrogens (tertiary/aromatic N) is 2. The van der Waals surface area contributed by atoms with Crippen molar-refractivity contribution in [3.8, 4) is 17.2 Å². The molecule has 0 aliphatic rings. The summed E-state index contributed by atoms with van der Waals surface area (Å²) in [7, 11) is 4.45. The first-order valence-electron chi connectivity index (χ1n) is 9.80. The summed E-state index contributed by atoms with van der Waals surface area (Å²) in [5, 5.41) is 3.00. The average Bonchev–Trinajstić information content (AvgIpc) is 2.80. The molecule has 33 heavy (non-hydrogen) atoms. The normalized spacial score (nSPS) is 11.2. The van der Waals surface area contributed by atoms with Crippen molar-refractivity contribution in [1.29, 1.82) is 0 Å². The van der Waals surface area contributed by atoms with Gasteiger partial charge in [-0.1, -0.05) is 0 Å². The summed E-state index contributed by atoms with van der Waals surface area (Å²) in [5.74, 6) is 0.542. The summed E-state index contributed by atoms with van der Waals surface area (Å²) < 4.78 is 60.2. The number of nitrogens with one attached hydrogen (secondary N) is 1. The van der Waals surface area contributed by atoms with E-state index in [0.29, 0.717) is 22.8 Å². The second kappa shape index (κ2) is 9.80. The molecule has 0 radical (unpaired) electrons. The van der Waals surface area contributed by atoms with Crippen LogP contribution in [-0.4, -0.2) is 43.9 Å². The predicted octanol–water partition coefficient (Wildman–Crippen LogP) is 4.46. The van der Waals surface area contributed by atoms with Crippen molar-refractivity contribution >= 4 is 22.8 Å². The molecule has 0 atom stereocenters. The van der Waals surface area contributed by atoms with Crippen molar-refractivity contribution < 1.29 is 36.9 Å². The molecule has 176 valence electrons. The Bertz CT molecular complexity index is 1140. The van der Waals surface area contributed by atoms with Gasteiger partial charge in [0.1, 0.15) is 0 Å². The molecule has 0 amide bonds. The monoisotopic (exact) mass is 465 g/mol. The first kappa shape index (κ1) is 23.9. The number of anilines is 1. The number of halogens is 3. The van der Waals surface area contributed by atoms with Crippen molar-refractivity contribution in [3.05, 3.63) is 47.2 Å². The highest BCUT2D eigenvalue weighted by molar-refractivity contribution is 5.95. The van der Waals surface area contributed by atoms with Crippen LogP contribution >= 0.6 is 0 Å². The molecule has 1 heterocycles. The van der Waals surface area contributed by atoms with Gasteiger partial charge in [-0.2, -0.15) is 13.2 Å². The minimum atomic E-state index is -4.55. The van der Waals surface area contributed by atoms with E-state index in [0.717, 1.165) is 12.1 Å². The van der Waals surface area contributed by atoms with E-state index in [4.69, 9.17) is 18.9 Å². The summed E-state index contributed by atoms with van der Waals surface area (Å²) in [6.45, 7) is 1.84. The molecular weight excluding hydrogens is 443 g/mol. The highest BCUT2D eigenvalue weighted by Crippen LogP contribution is 2.38. The van der Waals surface area contributed by atoms with E-state index in [1.807, 2.05) is 0 Å². The Balaban J connectivity index is 2.01. The van der Waals surface area contributed by atoms with Gasteiger partial charge in [-0.3, -0.25) is 0 Å². The minimum Gasteiger partial charge on any atom is -0.493 e. The quantitative estimate of drug-likeness (QED) is 0.488. The van der Waals surface area contributed by atoms with Gasteiger partial charge in [-0.15, -0.1) is 0 Å². The Morgan fingerprint density at radius 1 is 0.970 bits per heavy atom. The van der Waals surface area contributed by atoms with Crippen molar-refractivity contribution in [3.63, 3.8) is 0 Å². The van der Waals surface area contributed by atoms with Crippen molar-refractivity contribution in [2.75, 3.05) is 33.3 Å². The lowest BCUT2D eigenvalue weighted by Gasteiger charge is -2.15. The van der Waals surface area contributed by atoms with E-state index in [1.165, 1.54) is 27.4 Å².